The van der Waals surface area contributed by atoms with Crippen LogP contribution in [0.3, 0.4) is 0 Å². The summed E-state index contributed by atoms with van der Waals surface area (Å²) in [4.78, 5) is 11.5. The number of carbonyl (C=O) groups excluding carboxylic acids is 1. The smallest absolute Gasteiger partial charge is 0.305 e. The Morgan fingerprint density at radius 3 is 1.08 bits per heavy atom. The molecule has 0 unspecified atom stereocenters. The van der Waals surface area contributed by atoms with Crippen LogP contribution in [0.2, 0.25) is 0 Å². The van der Waals surface area contributed by atoms with E-state index >= 15 is 0 Å². The largest absolute Gasteiger partial charge is 0.463 e. The first-order valence-electron chi connectivity index (χ1n) is 13.6. The van der Waals surface area contributed by atoms with Crippen molar-refractivity contribution in [3.8, 4) is 0 Å². The van der Waals surface area contributed by atoms with E-state index in [1.54, 1.807) is 7.11 Å². The van der Waals surface area contributed by atoms with Gasteiger partial charge in [0.25, 0.3) is 0 Å². The van der Waals surface area contributed by atoms with Gasteiger partial charge in [-0.25, -0.2) is 0 Å². The van der Waals surface area contributed by atoms with E-state index < -0.39 is 0 Å². The summed E-state index contributed by atoms with van der Waals surface area (Å²) < 4.78 is 53.2. The van der Waals surface area contributed by atoms with Gasteiger partial charge in [0.15, 0.2) is 0 Å². The molecule has 0 spiro atoms. The average Bonchev–Trinajstić information content (AvgIpc) is 2.90. The van der Waals surface area contributed by atoms with E-state index in [9.17, 15) is 4.79 Å². The van der Waals surface area contributed by atoms with Crippen molar-refractivity contribution in [1.82, 2.24) is 0 Å². The zero-order valence-electron chi connectivity index (χ0n) is 23.3. The third kappa shape index (κ3) is 33.1. The monoisotopic (exact) mass is 540 g/mol. The first-order chi connectivity index (χ1) is 18.3. The fraction of sp³-hybridized carbons (Fsp3) is 0.962. The second-order valence-electron chi connectivity index (χ2n) is 7.92. The minimum Gasteiger partial charge on any atom is -0.463 e. The minimum absolute atomic E-state index is 0.149. The molecule has 0 aliphatic carbocycles. The summed E-state index contributed by atoms with van der Waals surface area (Å²) in [5.41, 5.74) is 0. The van der Waals surface area contributed by atoms with Crippen molar-refractivity contribution in [3.05, 3.63) is 0 Å². The molecule has 0 rings (SSSR count). The fourth-order valence-corrected chi connectivity index (χ4v) is 2.77. The SMILES string of the molecule is CCCCCCC(=O)OCCOCCOCCOCCOCCOCCOCCOCCOCCOC. The second kappa shape index (κ2) is 33.1. The molecular weight excluding hydrogens is 488 g/mol. The summed E-state index contributed by atoms with van der Waals surface area (Å²) in [6, 6.07) is 0. The second-order valence-corrected chi connectivity index (χ2v) is 7.92. The molecule has 0 N–H and O–H groups in total. The van der Waals surface area contributed by atoms with Crippen molar-refractivity contribution in [3.63, 3.8) is 0 Å². The van der Waals surface area contributed by atoms with Crippen LogP contribution < -0.4 is 0 Å². The zero-order chi connectivity index (χ0) is 26.9. The van der Waals surface area contributed by atoms with E-state index in [1.807, 2.05) is 0 Å². The van der Waals surface area contributed by atoms with Crippen LogP contribution in [0.25, 0.3) is 0 Å². The number of carbonyl (C=O) groups is 1. The maximum atomic E-state index is 11.5. The lowest BCUT2D eigenvalue weighted by atomic mass is 10.2. The van der Waals surface area contributed by atoms with Crippen LogP contribution in [0, 0.1) is 0 Å². The molecule has 0 aliphatic heterocycles. The van der Waals surface area contributed by atoms with E-state index in [4.69, 9.17) is 47.4 Å². The van der Waals surface area contributed by atoms with Crippen LogP contribution >= 0.6 is 0 Å². The van der Waals surface area contributed by atoms with Gasteiger partial charge in [-0.15, -0.1) is 0 Å². The molecule has 0 aliphatic rings. The van der Waals surface area contributed by atoms with E-state index in [-0.39, 0.29) is 12.6 Å². The average molecular weight is 541 g/mol. The Kier molecular flexibility index (Phi) is 32.3. The molecule has 0 aromatic heterocycles. The van der Waals surface area contributed by atoms with Crippen molar-refractivity contribution in [2.75, 3.05) is 126 Å². The predicted octanol–water partition coefficient (Wildman–Crippen LogP) is 2.28. The molecule has 0 aromatic carbocycles. The van der Waals surface area contributed by atoms with Gasteiger partial charge in [0.05, 0.1) is 112 Å². The summed E-state index contributed by atoms with van der Waals surface area (Å²) in [5, 5.41) is 0. The molecule has 11 nitrogen and oxygen atoms in total. The van der Waals surface area contributed by atoms with Crippen LogP contribution in [0.5, 0.6) is 0 Å². The van der Waals surface area contributed by atoms with Crippen LogP contribution in [0.15, 0.2) is 0 Å². The molecule has 0 bridgehead atoms. The van der Waals surface area contributed by atoms with E-state index in [0.29, 0.717) is 119 Å². The molecule has 222 valence electrons. The minimum atomic E-state index is -0.149. The molecule has 0 fully saturated rings. The van der Waals surface area contributed by atoms with Gasteiger partial charge < -0.3 is 47.4 Å². The molecule has 0 saturated heterocycles. The molecule has 0 heterocycles. The summed E-state index contributed by atoms with van der Waals surface area (Å²) in [7, 11) is 1.64. The van der Waals surface area contributed by atoms with Gasteiger partial charge in [-0.3, -0.25) is 4.79 Å². The Labute approximate surface area is 223 Å². The highest BCUT2D eigenvalue weighted by Crippen LogP contribution is 2.03. The highest BCUT2D eigenvalue weighted by atomic mass is 16.6. The Bertz CT molecular complexity index is 441. The summed E-state index contributed by atoms with van der Waals surface area (Å²) in [5.74, 6) is -0.149. The highest BCUT2D eigenvalue weighted by Gasteiger charge is 2.02. The molecule has 37 heavy (non-hydrogen) atoms. The van der Waals surface area contributed by atoms with Crippen LogP contribution in [-0.4, -0.2) is 132 Å². The van der Waals surface area contributed by atoms with Gasteiger partial charge in [-0.05, 0) is 6.42 Å². The van der Waals surface area contributed by atoms with Gasteiger partial charge in [0.2, 0.25) is 0 Å². The Morgan fingerprint density at radius 2 is 0.757 bits per heavy atom. The van der Waals surface area contributed by atoms with Crippen molar-refractivity contribution in [1.29, 1.82) is 0 Å². The lowest BCUT2D eigenvalue weighted by molar-refractivity contribution is -0.145. The zero-order valence-corrected chi connectivity index (χ0v) is 23.3. The molecule has 0 saturated carbocycles. The normalized spacial score (nSPS) is 11.3. The van der Waals surface area contributed by atoms with Crippen molar-refractivity contribution in [2.24, 2.45) is 0 Å². The summed E-state index contributed by atoms with van der Waals surface area (Å²) in [6.07, 6.45) is 4.78. The number of hydrogen-bond donors (Lipinski definition) is 0. The lowest BCUT2D eigenvalue weighted by Crippen LogP contribution is -2.15. The topological polar surface area (TPSA) is 109 Å². The van der Waals surface area contributed by atoms with E-state index in [2.05, 4.69) is 6.92 Å². The van der Waals surface area contributed by atoms with E-state index in [0.717, 1.165) is 25.7 Å². The third-order valence-electron chi connectivity index (χ3n) is 4.76. The molecule has 11 heteroatoms. The molecule has 0 amide bonds. The van der Waals surface area contributed by atoms with Crippen LogP contribution in [0.1, 0.15) is 39.0 Å². The maximum Gasteiger partial charge on any atom is 0.305 e. The fourth-order valence-electron chi connectivity index (χ4n) is 2.77. The van der Waals surface area contributed by atoms with Crippen molar-refractivity contribution < 1.29 is 52.2 Å². The Hall–Kier alpha value is -0.890. The standard InChI is InChI=1S/C26H52O11/c1-3-4-5-6-7-26(27)37-25-24-36-23-22-35-21-20-34-19-18-33-17-16-32-15-14-31-13-12-30-11-10-29-9-8-28-2/h3-25H2,1-2H3. The van der Waals surface area contributed by atoms with Crippen molar-refractivity contribution in [2.45, 2.75) is 39.0 Å². The van der Waals surface area contributed by atoms with Gasteiger partial charge in [0, 0.05) is 13.5 Å². The predicted molar refractivity (Wildman–Crippen MR) is 138 cm³/mol. The number of esters is 1. The number of methoxy groups -OCH3 is 1. The quantitative estimate of drug-likeness (QED) is 0.0926. The first kappa shape index (κ1) is 36.1. The van der Waals surface area contributed by atoms with Crippen molar-refractivity contribution >= 4 is 5.97 Å². The Balaban J connectivity index is 3.07. The molecular formula is C26H52O11. The van der Waals surface area contributed by atoms with Gasteiger partial charge in [0.1, 0.15) is 6.61 Å². The van der Waals surface area contributed by atoms with E-state index in [1.165, 1.54) is 0 Å². The van der Waals surface area contributed by atoms with Gasteiger partial charge in [-0.1, -0.05) is 26.2 Å². The van der Waals surface area contributed by atoms with Gasteiger partial charge >= 0.3 is 5.97 Å². The number of ether oxygens (including phenoxy) is 10. The van der Waals surface area contributed by atoms with Gasteiger partial charge in [-0.2, -0.15) is 0 Å². The van der Waals surface area contributed by atoms with Crippen LogP contribution in [0.4, 0.5) is 0 Å². The summed E-state index contributed by atoms with van der Waals surface area (Å²) in [6.45, 7) is 11.2. The Morgan fingerprint density at radius 1 is 0.432 bits per heavy atom. The van der Waals surface area contributed by atoms with Crippen LogP contribution in [-0.2, 0) is 52.2 Å². The first-order valence-corrected chi connectivity index (χ1v) is 13.6. The highest BCUT2D eigenvalue weighted by molar-refractivity contribution is 5.69. The number of unbranched alkanes of at least 4 members (excludes halogenated alkanes) is 3. The molecule has 0 aromatic rings. The number of rotatable bonds is 32. The molecule has 0 atom stereocenters. The maximum absolute atomic E-state index is 11.5. The summed E-state index contributed by atoms with van der Waals surface area (Å²) >= 11 is 0. The number of hydrogen-bond acceptors (Lipinski definition) is 11. The lowest BCUT2D eigenvalue weighted by Gasteiger charge is -2.09. The molecule has 0 radical (unpaired) electrons. The third-order valence-corrected chi connectivity index (χ3v) is 4.76.